The van der Waals surface area contributed by atoms with E-state index < -0.39 is 0 Å². The number of rotatable bonds is 3. The van der Waals surface area contributed by atoms with E-state index in [1.54, 1.807) is 0 Å². The number of unbranched alkanes of at least 4 members (excludes halogenated alkanes) is 3. The fraction of sp³-hybridized carbons (Fsp3) is 0.857. The van der Waals surface area contributed by atoms with Crippen molar-refractivity contribution in [1.29, 1.82) is 5.26 Å². The lowest BCUT2D eigenvalue weighted by Gasteiger charge is -1.86. The molecule has 0 aromatic carbocycles. The standard InChI is InChI=1S/C6H14.CHNO/c1-3-5-6-4-2;2-1-3/h3-6H2,1-2H3;3H. The van der Waals surface area contributed by atoms with Crippen LogP contribution in [0.15, 0.2) is 0 Å². The molecule has 0 radical (unpaired) electrons. The minimum absolute atomic E-state index is 0.750. The van der Waals surface area contributed by atoms with Crippen LogP contribution in [0, 0.1) is 11.5 Å². The number of nitrogens with zero attached hydrogens (tertiary/aromatic N) is 1. The molecule has 1 N–H and O–H groups in total. The van der Waals surface area contributed by atoms with Crippen LogP contribution in [0.5, 0.6) is 0 Å². The summed E-state index contributed by atoms with van der Waals surface area (Å²) in [6, 6.07) is 0. The van der Waals surface area contributed by atoms with E-state index in [0.717, 1.165) is 6.26 Å². The van der Waals surface area contributed by atoms with Gasteiger partial charge in [-0.3, -0.25) is 0 Å². The number of aliphatic hydroxyl groups is 1. The Balaban J connectivity index is 0. The van der Waals surface area contributed by atoms with Gasteiger partial charge >= 0.3 is 0 Å². The van der Waals surface area contributed by atoms with E-state index in [1.165, 1.54) is 25.7 Å². The van der Waals surface area contributed by atoms with Crippen molar-refractivity contribution in [3.63, 3.8) is 0 Å². The zero-order valence-electron chi connectivity index (χ0n) is 6.22. The fourth-order valence-corrected chi connectivity index (χ4v) is 0.500. The van der Waals surface area contributed by atoms with Crippen molar-refractivity contribution in [1.82, 2.24) is 0 Å². The third-order valence-corrected chi connectivity index (χ3v) is 0.957. The van der Waals surface area contributed by atoms with Gasteiger partial charge in [0.2, 0.25) is 0 Å². The van der Waals surface area contributed by atoms with Gasteiger partial charge in [0, 0.05) is 0 Å². The Morgan fingerprint density at radius 2 is 1.44 bits per heavy atom. The van der Waals surface area contributed by atoms with Gasteiger partial charge in [0.25, 0.3) is 6.26 Å². The molecule has 0 aliphatic carbocycles. The molecule has 0 bridgehead atoms. The van der Waals surface area contributed by atoms with Crippen LogP contribution in [0.4, 0.5) is 0 Å². The summed E-state index contributed by atoms with van der Waals surface area (Å²) in [6.07, 6.45) is 6.29. The molecule has 0 heterocycles. The molecular weight excluding hydrogens is 114 g/mol. The number of aliphatic hydroxyl groups excluding tert-OH is 1. The van der Waals surface area contributed by atoms with Gasteiger partial charge in [0.1, 0.15) is 0 Å². The molecule has 0 aliphatic heterocycles. The average Bonchev–Trinajstić information content (AvgIpc) is 1.86. The minimum Gasteiger partial charge on any atom is -0.443 e. The van der Waals surface area contributed by atoms with E-state index in [1.807, 2.05) is 0 Å². The first kappa shape index (κ1) is 11.1. The van der Waals surface area contributed by atoms with Crippen molar-refractivity contribution in [3.05, 3.63) is 0 Å². The van der Waals surface area contributed by atoms with Crippen LogP contribution in [0.2, 0.25) is 0 Å². The molecule has 0 saturated heterocycles. The van der Waals surface area contributed by atoms with Crippen molar-refractivity contribution < 1.29 is 5.11 Å². The highest BCUT2D eigenvalue weighted by Crippen LogP contribution is 1.95. The van der Waals surface area contributed by atoms with Crippen molar-refractivity contribution in [2.75, 3.05) is 0 Å². The molecule has 54 valence electrons. The zero-order valence-corrected chi connectivity index (χ0v) is 6.22. The molecule has 0 unspecified atom stereocenters. The lowest BCUT2D eigenvalue weighted by atomic mass is 10.2. The Bertz CT molecular complexity index is 61.8. The molecule has 0 saturated carbocycles. The van der Waals surface area contributed by atoms with E-state index in [4.69, 9.17) is 10.4 Å². The van der Waals surface area contributed by atoms with E-state index in [-0.39, 0.29) is 0 Å². The van der Waals surface area contributed by atoms with E-state index in [0.29, 0.717) is 0 Å². The molecular formula is C7H15NO. The van der Waals surface area contributed by atoms with Gasteiger partial charge in [0.15, 0.2) is 0 Å². The molecule has 0 aromatic heterocycles. The van der Waals surface area contributed by atoms with E-state index in [9.17, 15) is 0 Å². The average molecular weight is 129 g/mol. The lowest BCUT2D eigenvalue weighted by Crippen LogP contribution is -1.66. The largest absolute Gasteiger partial charge is 0.443 e. The summed E-state index contributed by atoms with van der Waals surface area (Å²) >= 11 is 0. The maximum atomic E-state index is 6.88. The molecule has 0 rings (SSSR count). The summed E-state index contributed by atoms with van der Waals surface area (Å²) in [7, 11) is 0. The van der Waals surface area contributed by atoms with Gasteiger partial charge in [0.05, 0.1) is 0 Å². The molecule has 2 heteroatoms. The van der Waals surface area contributed by atoms with Crippen LogP contribution in [-0.2, 0) is 0 Å². The Kier molecular flexibility index (Phi) is 19.4. The Morgan fingerprint density at radius 1 is 1.22 bits per heavy atom. The second-order valence-corrected chi connectivity index (χ2v) is 1.81. The Hall–Kier alpha value is -0.710. The van der Waals surface area contributed by atoms with Gasteiger partial charge in [-0.1, -0.05) is 39.5 Å². The van der Waals surface area contributed by atoms with Crippen molar-refractivity contribution in [2.45, 2.75) is 39.5 Å². The third-order valence-electron chi connectivity index (χ3n) is 0.957. The molecule has 0 amide bonds. The maximum Gasteiger partial charge on any atom is 0.283 e. The van der Waals surface area contributed by atoms with Gasteiger partial charge in [-0.2, -0.15) is 5.26 Å². The molecule has 9 heavy (non-hydrogen) atoms. The number of hydrogen-bond acceptors (Lipinski definition) is 2. The highest BCUT2D eigenvalue weighted by atomic mass is 16.2. The fourth-order valence-electron chi connectivity index (χ4n) is 0.500. The minimum atomic E-state index is 0.750. The lowest BCUT2D eigenvalue weighted by molar-refractivity contribution is 0.503. The molecule has 0 atom stereocenters. The quantitative estimate of drug-likeness (QED) is 0.469. The summed E-state index contributed by atoms with van der Waals surface area (Å²) in [5.74, 6) is 0. The summed E-state index contributed by atoms with van der Waals surface area (Å²) in [4.78, 5) is 0. The number of nitriles is 1. The smallest absolute Gasteiger partial charge is 0.283 e. The van der Waals surface area contributed by atoms with Crippen LogP contribution in [0.25, 0.3) is 0 Å². The third kappa shape index (κ3) is 38.9. The Morgan fingerprint density at radius 3 is 1.56 bits per heavy atom. The topological polar surface area (TPSA) is 44.0 Å². The highest BCUT2D eigenvalue weighted by Gasteiger charge is 1.75. The monoisotopic (exact) mass is 129 g/mol. The first-order chi connectivity index (χ1) is 4.33. The summed E-state index contributed by atoms with van der Waals surface area (Å²) in [5.41, 5.74) is 0. The Labute approximate surface area is 57.1 Å². The second-order valence-electron chi connectivity index (χ2n) is 1.81. The highest BCUT2D eigenvalue weighted by molar-refractivity contribution is 4.31. The first-order valence-corrected chi connectivity index (χ1v) is 3.36. The molecule has 0 spiro atoms. The zero-order chi connectivity index (χ0) is 7.54. The molecule has 2 nitrogen and oxygen atoms in total. The molecule has 0 fully saturated rings. The van der Waals surface area contributed by atoms with Crippen LogP contribution >= 0.6 is 0 Å². The summed E-state index contributed by atoms with van der Waals surface area (Å²) in [6.45, 7) is 4.46. The van der Waals surface area contributed by atoms with Crippen molar-refractivity contribution >= 4 is 0 Å². The van der Waals surface area contributed by atoms with Crippen molar-refractivity contribution in [2.24, 2.45) is 0 Å². The van der Waals surface area contributed by atoms with Crippen LogP contribution in [-0.4, -0.2) is 5.11 Å². The SMILES string of the molecule is CCCCCC.N#CO. The van der Waals surface area contributed by atoms with Gasteiger partial charge in [-0.15, -0.1) is 0 Å². The van der Waals surface area contributed by atoms with E-state index >= 15 is 0 Å². The predicted octanol–water partition coefficient (Wildman–Crippen LogP) is 2.43. The van der Waals surface area contributed by atoms with E-state index in [2.05, 4.69) is 13.8 Å². The van der Waals surface area contributed by atoms with Gasteiger partial charge in [-0.05, 0) is 0 Å². The van der Waals surface area contributed by atoms with Crippen LogP contribution in [0.3, 0.4) is 0 Å². The maximum absolute atomic E-state index is 6.88. The van der Waals surface area contributed by atoms with Crippen LogP contribution < -0.4 is 0 Å². The summed E-state index contributed by atoms with van der Waals surface area (Å²) < 4.78 is 0. The second kappa shape index (κ2) is 15.7. The number of hydrogen-bond donors (Lipinski definition) is 1. The normalized spacial score (nSPS) is 6.78. The van der Waals surface area contributed by atoms with Gasteiger partial charge < -0.3 is 5.11 Å². The van der Waals surface area contributed by atoms with Crippen LogP contribution in [0.1, 0.15) is 39.5 Å². The molecule has 0 aromatic rings. The van der Waals surface area contributed by atoms with Gasteiger partial charge in [-0.25, -0.2) is 0 Å². The molecule has 0 aliphatic rings. The summed E-state index contributed by atoms with van der Waals surface area (Å²) in [5, 5.41) is 13.8. The predicted molar refractivity (Wildman–Crippen MR) is 37.4 cm³/mol. The first-order valence-electron chi connectivity index (χ1n) is 3.36. The van der Waals surface area contributed by atoms with Crippen molar-refractivity contribution in [3.8, 4) is 6.26 Å².